The van der Waals surface area contributed by atoms with Crippen LogP contribution < -0.4 is 5.32 Å². The lowest BCUT2D eigenvalue weighted by molar-refractivity contribution is -0.122. The minimum atomic E-state index is -0.250. The number of hydrogen-bond donors (Lipinski definition) is 3. The van der Waals surface area contributed by atoms with E-state index in [9.17, 15) is 9.90 Å². The van der Waals surface area contributed by atoms with E-state index in [1.165, 1.54) is 0 Å². The average Bonchev–Trinajstić information content (AvgIpc) is 3.17. The summed E-state index contributed by atoms with van der Waals surface area (Å²) in [6, 6.07) is -0.0341. The van der Waals surface area contributed by atoms with Crippen molar-refractivity contribution in [3.63, 3.8) is 0 Å². The summed E-state index contributed by atoms with van der Waals surface area (Å²) in [7, 11) is 0. The third-order valence-electron chi connectivity index (χ3n) is 4.75. The highest BCUT2D eigenvalue weighted by atomic mass is 16.3. The quantitative estimate of drug-likeness (QED) is 0.692. The lowest BCUT2D eigenvalue weighted by Crippen LogP contribution is -2.51. The number of aromatic nitrogens is 2. The van der Waals surface area contributed by atoms with Crippen LogP contribution in [0, 0.1) is 5.41 Å². The van der Waals surface area contributed by atoms with Gasteiger partial charge in [-0.3, -0.25) is 4.79 Å². The van der Waals surface area contributed by atoms with Crippen molar-refractivity contribution < 1.29 is 19.8 Å². The Hall–Kier alpha value is -2.09. The smallest absolute Gasteiger partial charge is 0.317 e. The number of aliphatic hydroxyl groups is 1. The highest BCUT2D eigenvalue weighted by molar-refractivity contribution is 5.74. The zero-order valence-electron chi connectivity index (χ0n) is 13.8. The van der Waals surface area contributed by atoms with Crippen LogP contribution in [0.2, 0.25) is 0 Å². The molecule has 2 aliphatic rings. The predicted octanol–water partition coefficient (Wildman–Crippen LogP) is 0.920. The van der Waals surface area contributed by atoms with Gasteiger partial charge >= 0.3 is 6.03 Å². The predicted molar refractivity (Wildman–Crippen MR) is 87.4 cm³/mol. The molecular formula is C16H26N4O4. The molecule has 0 spiro atoms. The normalized spacial score (nSPS) is 21.4. The summed E-state index contributed by atoms with van der Waals surface area (Å²) in [6.45, 7) is 2.19. The number of nitrogens with zero attached hydrogens (tertiary/aromatic N) is 3. The van der Waals surface area contributed by atoms with Crippen LogP contribution in [0.5, 0.6) is 0 Å². The number of imidazole rings is 1. The number of piperidine rings is 1. The summed E-state index contributed by atoms with van der Waals surface area (Å²) in [5, 5.41) is 19.4. The van der Waals surface area contributed by atoms with Crippen molar-refractivity contribution in [3.8, 4) is 0 Å². The molecule has 1 unspecified atom stereocenters. The van der Waals surface area contributed by atoms with Crippen molar-refractivity contribution >= 4 is 12.5 Å². The fourth-order valence-corrected chi connectivity index (χ4v) is 3.16. The van der Waals surface area contributed by atoms with Gasteiger partial charge in [-0.2, -0.15) is 0 Å². The molecule has 0 bridgehead atoms. The maximum absolute atomic E-state index is 12.3. The van der Waals surface area contributed by atoms with Gasteiger partial charge in [0.25, 0.3) is 6.47 Å². The molecule has 8 nitrogen and oxygen atoms in total. The Morgan fingerprint density at radius 2 is 2.17 bits per heavy atom. The van der Waals surface area contributed by atoms with Crippen LogP contribution in [0.15, 0.2) is 18.7 Å². The van der Waals surface area contributed by atoms with Gasteiger partial charge in [0.15, 0.2) is 0 Å². The summed E-state index contributed by atoms with van der Waals surface area (Å²) in [5.74, 6) is 0. The number of carboxylic acid groups (broad SMARTS) is 1. The van der Waals surface area contributed by atoms with E-state index in [4.69, 9.17) is 9.90 Å². The van der Waals surface area contributed by atoms with Crippen LogP contribution in [0.3, 0.4) is 0 Å². The van der Waals surface area contributed by atoms with Crippen molar-refractivity contribution in [2.24, 2.45) is 5.41 Å². The van der Waals surface area contributed by atoms with Crippen molar-refractivity contribution in [1.29, 1.82) is 0 Å². The van der Waals surface area contributed by atoms with Gasteiger partial charge in [-0.25, -0.2) is 9.78 Å². The van der Waals surface area contributed by atoms with Gasteiger partial charge in [-0.05, 0) is 32.1 Å². The van der Waals surface area contributed by atoms with Gasteiger partial charge in [-0.1, -0.05) is 0 Å². The Balaban J connectivity index is 0.000000647. The van der Waals surface area contributed by atoms with Crippen LogP contribution in [-0.2, 0) is 11.3 Å². The maximum Gasteiger partial charge on any atom is 0.317 e. The summed E-state index contributed by atoms with van der Waals surface area (Å²) < 4.78 is 2.08. The van der Waals surface area contributed by atoms with Crippen molar-refractivity contribution in [2.75, 3.05) is 19.7 Å². The van der Waals surface area contributed by atoms with Gasteiger partial charge in [0.2, 0.25) is 0 Å². The van der Waals surface area contributed by atoms with E-state index < -0.39 is 0 Å². The minimum Gasteiger partial charge on any atom is -0.483 e. The van der Waals surface area contributed by atoms with Crippen molar-refractivity contribution in [3.05, 3.63) is 18.7 Å². The Kier molecular flexibility index (Phi) is 6.60. The lowest BCUT2D eigenvalue weighted by atomic mass is 10.0. The lowest BCUT2D eigenvalue weighted by Gasteiger charge is -2.35. The number of urea groups is 1. The summed E-state index contributed by atoms with van der Waals surface area (Å²) in [6.07, 6.45) is 10.9. The average molecular weight is 338 g/mol. The topological polar surface area (TPSA) is 108 Å². The molecule has 1 saturated carbocycles. The highest BCUT2D eigenvalue weighted by Gasteiger charge is 2.43. The molecule has 1 atom stereocenters. The van der Waals surface area contributed by atoms with E-state index in [0.29, 0.717) is 6.54 Å². The van der Waals surface area contributed by atoms with Gasteiger partial charge in [0.1, 0.15) is 0 Å². The highest BCUT2D eigenvalue weighted by Crippen LogP contribution is 2.46. The molecule has 0 radical (unpaired) electrons. The Labute approximate surface area is 141 Å². The number of rotatable bonds is 5. The fraction of sp³-hybridized carbons (Fsp3) is 0.688. The molecule has 2 heterocycles. The molecule has 1 aromatic heterocycles. The Morgan fingerprint density at radius 3 is 2.75 bits per heavy atom. The van der Waals surface area contributed by atoms with Crippen LogP contribution in [0.4, 0.5) is 4.79 Å². The summed E-state index contributed by atoms with van der Waals surface area (Å²) in [5.41, 5.74) is 0.195. The van der Waals surface area contributed by atoms with Gasteiger partial charge in [0.05, 0.1) is 19.0 Å². The molecule has 3 N–H and O–H groups in total. The molecular weight excluding hydrogens is 312 g/mol. The van der Waals surface area contributed by atoms with E-state index in [0.717, 1.165) is 45.2 Å². The number of carbonyl (C=O) groups is 2. The fourth-order valence-electron chi connectivity index (χ4n) is 3.16. The first-order valence-corrected chi connectivity index (χ1v) is 8.33. The van der Waals surface area contributed by atoms with Crippen LogP contribution in [0.25, 0.3) is 0 Å². The zero-order valence-corrected chi connectivity index (χ0v) is 13.8. The number of hydrogen-bond acceptors (Lipinski definition) is 4. The van der Waals surface area contributed by atoms with E-state index in [1.807, 2.05) is 12.5 Å². The zero-order chi connectivity index (χ0) is 17.4. The largest absolute Gasteiger partial charge is 0.483 e. The molecule has 1 aliphatic heterocycles. The number of aliphatic hydroxyl groups excluding tert-OH is 1. The van der Waals surface area contributed by atoms with Crippen LogP contribution >= 0.6 is 0 Å². The van der Waals surface area contributed by atoms with E-state index in [-0.39, 0.29) is 30.6 Å². The molecule has 134 valence electrons. The molecule has 3 rings (SSSR count). The number of likely N-dealkylation sites (tertiary alicyclic amines) is 1. The molecule has 2 fully saturated rings. The second-order valence-corrected chi connectivity index (χ2v) is 6.52. The second kappa shape index (κ2) is 8.68. The number of amides is 2. The van der Waals surface area contributed by atoms with E-state index >= 15 is 0 Å². The third-order valence-corrected chi connectivity index (χ3v) is 4.75. The monoisotopic (exact) mass is 338 g/mol. The summed E-state index contributed by atoms with van der Waals surface area (Å²) in [4.78, 5) is 26.6. The molecule has 1 saturated heterocycles. The van der Waals surface area contributed by atoms with Crippen LogP contribution in [-0.4, -0.2) is 62.9 Å². The third kappa shape index (κ3) is 4.95. The van der Waals surface area contributed by atoms with Crippen LogP contribution in [0.1, 0.15) is 32.1 Å². The molecule has 8 heteroatoms. The maximum atomic E-state index is 12.3. The molecule has 0 aromatic carbocycles. The van der Waals surface area contributed by atoms with Crippen molar-refractivity contribution in [1.82, 2.24) is 19.8 Å². The Morgan fingerprint density at radius 1 is 1.42 bits per heavy atom. The first-order valence-electron chi connectivity index (χ1n) is 8.33. The van der Waals surface area contributed by atoms with E-state index in [2.05, 4.69) is 14.9 Å². The molecule has 2 amide bonds. The van der Waals surface area contributed by atoms with Gasteiger partial charge < -0.3 is 25.0 Å². The summed E-state index contributed by atoms with van der Waals surface area (Å²) >= 11 is 0. The first kappa shape index (κ1) is 18.3. The van der Waals surface area contributed by atoms with Gasteiger partial charge in [-0.15, -0.1) is 0 Å². The molecule has 1 aromatic rings. The molecule has 24 heavy (non-hydrogen) atoms. The molecule has 1 aliphatic carbocycles. The Bertz CT molecular complexity index is 516. The number of carbonyl (C=O) groups excluding carboxylic acids is 1. The minimum absolute atomic E-state index is 0.0115. The second-order valence-electron chi connectivity index (χ2n) is 6.52. The van der Waals surface area contributed by atoms with Crippen molar-refractivity contribution in [2.45, 2.75) is 44.7 Å². The standard InChI is InChI=1S/C15H24N4O2.CH2O2/c20-9-13-3-1-2-7-19(13)14(21)17-10-15(4-5-15)11-18-8-6-16-12-18;2-1-3/h6,8,12-13,20H,1-5,7,9-11H2,(H,17,21);1H,(H,2,3). The number of nitrogens with one attached hydrogen (secondary N) is 1. The first-order chi connectivity index (χ1) is 11.6. The SMILES string of the molecule is O=C(NCC1(Cn2ccnc2)CC1)N1CCCCC1CO.O=CO. The van der Waals surface area contributed by atoms with E-state index in [1.54, 1.807) is 11.1 Å². The van der Waals surface area contributed by atoms with Gasteiger partial charge in [0, 0.05) is 37.4 Å².